The average molecular weight is 407 g/mol. The van der Waals surface area contributed by atoms with Gasteiger partial charge in [-0.05, 0) is 49.5 Å². The smallest absolute Gasteiger partial charge is 0.224 e. The molecule has 0 atom stereocenters. The number of hydrogen-bond donors (Lipinski definition) is 1. The van der Waals surface area contributed by atoms with Crippen molar-refractivity contribution in [1.82, 2.24) is 14.7 Å². The van der Waals surface area contributed by atoms with Crippen LogP contribution in [0.2, 0.25) is 0 Å². The number of aryl methyl sites for hydroxylation is 1. The van der Waals surface area contributed by atoms with E-state index in [-0.39, 0.29) is 11.7 Å². The van der Waals surface area contributed by atoms with E-state index in [4.69, 9.17) is 5.73 Å². The fourth-order valence-corrected chi connectivity index (χ4v) is 4.35. The van der Waals surface area contributed by atoms with E-state index in [9.17, 15) is 9.18 Å². The molecule has 4 rings (SSSR count). The summed E-state index contributed by atoms with van der Waals surface area (Å²) in [6, 6.07) is 14.5. The second-order valence-electron chi connectivity index (χ2n) is 8.30. The standard InChI is InChI=1S/C24H27FN4O/c1-28-16-19(15-27-28)17-29-12-10-24(11-13-29,23(26)30)14-18-6-8-20(9-7-18)21-4-2-3-5-22(21)25/h2-9,15-16H,10-14,17H2,1H3,(H2,26,30). The minimum Gasteiger partial charge on any atom is -0.369 e. The molecular formula is C24H27FN4O. The van der Waals surface area contributed by atoms with E-state index in [2.05, 4.69) is 10.00 Å². The maximum Gasteiger partial charge on any atom is 0.224 e. The Bertz CT molecular complexity index is 1020. The van der Waals surface area contributed by atoms with Crippen LogP contribution in [-0.4, -0.2) is 33.7 Å². The number of halogens is 1. The SMILES string of the molecule is Cn1cc(CN2CCC(Cc3ccc(-c4ccccc4F)cc3)(C(N)=O)CC2)cn1. The minimum atomic E-state index is -0.537. The van der Waals surface area contributed by atoms with Crippen LogP contribution in [-0.2, 0) is 24.8 Å². The van der Waals surface area contributed by atoms with Gasteiger partial charge in [-0.2, -0.15) is 5.10 Å². The fraction of sp³-hybridized carbons (Fsp3) is 0.333. The summed E-state index contributed by atoms with van der Waals surface area (Å²) in [4.78, 5) is 14.8. The van der Waals surface area contributed by atoms with Crippen molar-refractivity contribution in [3.8, 4) is 11.1 Å². The van der Waals surface area contributed by atoms with E-state index in [1.807, 2.05) is 49.8 Å². The van der Waals surface area contributed by atoms with Crippen molar-refractivity contribution in [2.45, 2.75) is 25.8 Å². The van der Waals surface area contributed by atoms with Gasteiger partial charge < -0.3 is 5.73 Å². The number of carbonyl (C=O) groups is 1. The number of piperidine rings is 1. The summed E-state index contributed by atoms with van der Waals surface area (Å²) in [6.45, 7) is 2.48. The first-order valence-corrected chi connectivity index (χ1v) is 10.3. The zero-order valence-corrected chi connectivity index (χ0v) is 17.2. The summed E-state index contributed by atoms with van der Waals surface area (Å²) in [7, 11) is 1.91. The molecule has 30 heavy (non-hydrogen) atoms. The van der Waals surface area contributed by atoms with Gasteiger partial charge in [0.25, 0.3) is 0 Å². The van der Waals surface area contributed by atoms with Crippen LogP contribution >= 0.6 is 0 Å². The van der Waals surface area contributed by atoms with Crippen molar-refractivity contribution in [2.24, 2.45) is 18.2 Å². The molecule has 1 saturated heterocycles. The largest absolute Gasteiger partial charge is 0.369 e. The van der Waals surface area contributed by atoms with Gasteiger partial charge in [0, 0.05) is 30.9 Å². The summed E-state index contributed by atoms with van der Waals surface area (Å²) in [5, 5.41) is 4.22. The molecule has 1 amide bonds. The highest BCUT2D eigenvalue weighted by Crippen LogP contribution is 2.36. The number of rotatable bonds is 6. The lowest BCUT2D eigenvalue weighted by Crippen LogP contribution is -2.48. The molecule has 156 valence electrons. The molecule has 2 heterocycles. The molecule has 0 spiro atoms. The minimum absolute atomic E-state index is 0.235. The monoisotopic (exact) mass is 406 g/mol. The Labute approximate surface area is 176 Å². The molecule has 3 aromatic rings. The van der Waals surface area contributed by atoms with Crippen LogP contribution in [0, 0.1) is 11.2 Å². The molecule has 6 heteroatoms. The Morgan fingerprint density at radius 3 is 2.40 bits per heavy atom. The Balaban J connectivity index is 1.44. The van der Waals surface area contributed by atoms with Crippen LogP contribution in [0.4, 0.5) is 4.39 Å². The molecule has 1 aliphatic rings. The topological polar surface area (TPSA) is 64.2 Å². The average Bonchev–Trinajstić information content (AvgIpc) is 3.15. The summed E-state index contributed by atoms with van der Waals surface area (Å²) in [5.41, 5.74) is 8.97. The molecule has 5 nitrogen and oxygen atoms in total. The molecule has 2 aromatic carbocycles. The second-order valence-corrected chi connectivity index (χ2v) is 8.30. The van der Waals surface area contributed by atoms with E-state index in [1.165, 1.54) is 11.6 Å². The van der Waals surface area contributed by atoms with Crippen molar-refractivity contribution in [3.63, 3.8) is 0 Å². The van der Waals surface area contributed by atoms with Gasteiger partial charge in [-0.3, -0.25) is 14.4 Å². The van der Waals surface area contributed by atoms with Crippen molar-refractivity contribution >= 4 is 5.91 Å². The highest BCUT2D eigenvalue weighted by Gasteiger charge is 2.39. The number of amides is 1. The lowest BCUT2D eigenvalue weighted by molar-refractivity contribution is -0.130. The van der Waals surface area contributed by atoms with E-state index < -0.39 is 5.41 Å². The van der Waals surface area contributed by atoms with Crippen molar-refractivity contribution in [1.29, 1.82) is 0 Å². The zero-order valence-electron chi connectivity index (χ0n) is 17.2. The third-order valence-electron chi connectivity index (χ3n) is 6.18. The molecule has 0 radical (unpaired) electrons. The summed E-state index contributed by atoms with van der Waals surface area (Å²) < 4.78 is 15.8. The number of nitrogens with zero attached hydrogens (tertiary/aromatic N) is 3. The molecule has 1 fully saturated rings. The molecule has 2 N–H and O–H groups in total. The normalized spacial score (nSPS) is 16.5. The number of primary amides is 1. The summed E-state index contributed by atoms with van der Waals surface area (Å²) in [5.74, 6) is -0.471. The molecule has 0 aliphatic carbocycles. The van der Waals surface area contributed by atoms with Crippen LogP contribution in [0.15, 0.2) is 60.9 Å². The summed E-state index contributed by atoms with van der Waals surface area (Å²) in [6.07, 6.45) is 5.98. The molecule has 0 bridgehead atoms. The van der Waals surface area contributed by atoms with Crippen molar-refractivity contribution < 1.29 is 9.18 Å². The van der Waals surface area contributed by atoms with E-state index in [0.29, 0.717) is 12.0 Å². The Hall–Kier alpha value is -2.99. The van der Waals surface area contributed by atoms with Crippen LogP contribution in [0.25, 0.3) is 11.1 Å². The summed E-state index contributed by atoms with van der Waals surface area (Å²) >= 11 is 0. The van der Waals surface area contributed by atoms with Gasteiger partial charge in [-0.1, -0.05) is 42.5 Å². The lowest BCUT2D eigenvalue weighted by Gasteiger charge is -2.39. The molecule has 1 aromatic heterocycles. The predicted octanol–water partition coefficient (Wildman–Crippen LogP) is 3.54. The zero-order chi connectivity index (χ0) is 21.1. The maximum absolute atomic E-state index is 14.0. The Morgan fingerprint density at radius 1 is 1.10 bits per heavy atom. The fourth-order valence-electron chi connectivity index (χ4n) is 4.35. The van der Waals surface area contributed by atoms with Gasteiger partial charge in [-0.25, -0.2) is 4.39 Å². The predicted molar refractivity (Wildman–Crippen MR) is 115 cm³/mol. The Kier molecular flexibility index (Phi) is 5.68. The molecule has 0 unspecified atom stereocenters. The molecule has 1 aliphatic heterocycles. The van der Waals surface area contributed by atoms with Crippen LogP contribution in [0.3, 0.4) is 0 Å². The number of hydrogen-bond acceptors (Lipinski definition) is 3. The maximum atomic E-state index is 14.0. The van der Waals surface area contributed by atoms with E-state index in [0.717, 1.165) is 43.6 Å². The van der Waals surface area contributed by atoms with Crippen LogP contribution in [0.1, 0.15) is 24.0 Å². The number of likely N-dealkylation sites (tertiary alicyclic amines) is 1. The highest BCUT2D eigenvalue weighted by atomic mass is 19.1. The highest BCUT2D eigenvalue weighted by molar-refractivity contribution is 5.81. The van der Waals surface area contributed by atoms with E-state index >= 15 is 0 Å². The Morgan fingerprint density at radius 2 is 1.80 bits per heavy atom. The van der Waals surface area contributed by atoms with Gasteiger partial charge in [0.15, 0.2) is 0 Å². The first kappa shape index (κ1) is 20.3. The molecular weight excluding hydrogens is 379 g/mol. The quantitative estimate of drug-likeness (QED) is 0.681. The van der Waals surface area contributed by atoms with Crippen LogP contribution in [0.5, 0.6) is 0 Å². The first-order chi connectivity index (χ1) is 14.4. The second kappa shape index (κ2) is 8.40. The van der Waals surface area contributed by atoms with Gasteiger partial charge in [0.05, 0.1) is 11.6 Å². The van der Waals surface area contributed by atoms with Gasteiger partial charge in [0.2, 0.25) is 5.91 Å². The van der Waals surface area contributed by atoms with Gasteiger partial charge in [-0.15, -0.1) is 0 Å². The number of carbonyl (C=O) groups excluding carboxylic acids is 1. The van der Waals surface area contributed by atoms with Crippen molar-refractivity contribution in [2.75, 3.05) is 13.1 Å². The first-order valence-electron chi connectivity index (χ1n) is 10.3. The number of nitrogens with two attached hydrogens (primary N) is 1. The van der Waals surface area contributed by atoms with E-state index in [1.54, 1.807) is 16.8 Å². The number of benzene rings is 2. The third-order valence-corrected chi connectivity index (χ3v) is 6.18. The number of aromatic nitrogens is 2. The van der Waals surface area contributed by atoms with Crippen LogP contribution < -0.4 is 5.73 Å². The third kappa shape index (κ3) is 4.28. The van der Waals surface area contributed by atoms with Gasteiger partial charge in [0.1, 0.15) is 5.82 Å². The van der Waals surface area contributed by atoms with Gasteiger partial charge >= 0.3 is 0 Å². The van der Waals surface area contributed by atoms with Crippen molar-refractivity contribution in [3.05, 3.63) is 77.9 Å². The molecule has 0 saturated carbocycles. The lowest BCUT2D eigenvalue weighted by atomic mass is 9.73.